The van der Waals surface area contributed by atoms with Crippen molar-refractivity contribution in [2.75, 3.05) is 15.9 Å². The average Bonchev–Trinajstić information content (AvgIpc) is 2.60. The number of hydrogen-bond acceptors (Lipinski definition) is 3. The maximum Gasteiger partial charge on any atom is 0.416 e. The average molecular weight is 428 g/mol. The van der Waals surface area contributed by atoms with Crippen LogP contribution in [0.25, 0.3) is 0 Å². The summed E-state index contributed by atoms with van der Waals surface area (Å²) >= 11 is 0. The molecule has 1 amide bonds. The third-order valence-electron chi connectivity index (χ3n) is 4.39. The number of anilines is 2. The van der Waals surface area contributed by atoms with Gasteiger partial charge in [0.15, 0.2) is 0 Å². The molecule has 1 atom stereocenters. The molecule has 5 nitrogen and oxygen atoms in total. The largest absolute Gasteiger partial charge is 0.416 e. The number of carbonyl (C=O) groups excluding carboxylic acids is 1. The predicted octanol–water partition coefficient (Wildman–Crippen LogP) is 4.51. The second-order valence-corrected chi connectivity index (χ2v) is 8.70. The summed E-state index contributed by atoms with van der Waals surface area (Å²) in [7, 11) is -3.84. The summed E-state index contributed by atoms with van der Waals surface area (Å²) in [5, 5.41) is 2.42. The third-order valence-corrected chi connectivity index (χ3v) is 5.56. The lowest BCUT2D eigenvalue weighted by Gasteiger charge is -2.31. The first-order valence-electron chi connectivity index (χ1n) is 8.89. The highest BCUT2D eigenvalue weighted by Gasteiger charge is 2.33. The molecule has 0 aromatic heterocycles. The second-order valence-electron chi connectivity index (χ2n) is 6.84. The van der Waals surface area contributed by atoms with Crippen molar-refractivity contribution in [2.24, 2.45) is 0 Å². The van der Waals surface area contributed by atoms with E-state index in [2.05, 4.69) is 5.32 Å². The highest BCUT2D eigenvalue weighted by Crippen LogP contribution is 2.31. The van der Waals surface area contributed by atoms with E-state index in [0.29, 0.717) is 11.3 Å². The monoisotopic (exact) mass is 428 g/mol. The zero-order valence-electron chi connectivity index (χ0n) is 16.5. The summed E-state index contributed by atoms with van der Waals surface area (Å²) in [6, 6.07) is 8.32. The molecule has 9 heteroatoms. The Bertz CT molecular complexity index is 1000. The molecular weight excluding hydrogens is 405 g/mol. The van der Waals surface area contributed by atoms with Crippen molar-refractivity contribution in [3.63, 3.8) is 0 Å². The number of benzene rings is 2. The molecule has 2 rings (SSSR count). The fourth-order valence-corrected chi connectivity index (χ4v) is 4.25. The van der Waals surface area contributed by atoms with E-state index in [1.165, 1.54) is 12.1 Å². The number of nitrogens with zero attached hydrogens (tertiary/aromatic N) is 1. The molecule has 2 aromatic carbocycles. The minimum atomic E-state index is -4.55. The van der Waals surface area contributed by atoms with Crippen LogP contribution in [0, 0.1) is 13.8 Å². The molecule has 0 unspecified atom stereocenters. The topological polar surface area (TPSA) is 66.5 Å². The van der Waals surface area contributed by atoms with E-state index >= 15 is 0 Å². The number of sulfonamides is 1. The Hall–Kier alpha value is -2.55. The van der Waals surface area contributed by atoms with Gasteiger partial charge in [0.1, 0.15) is 6.04 Å². The van der Waals surface area contributed by atoms with Crippen molar-refractivity contribution in [1.29, 1.82) is 0 Å². The molecule has 0 heterocycles. The Morgan fingerprint density at radius 1 is 1.14 bits per heavy atom. The molecule has 0 bridgehead atoms. The fourth-order valence-electron chi connectivity index (χ4n) is 2.99. The standard InChI is InChI=1S/C20H23F3N2O3S/c1-5-17(19(26)24-16-8-6-7-15(12-16)20(21,22)23)25(29(4,27)28)18-11-13(2)9-10-14(18)3/h6-12,17H,5H2,1-4H3,(H,24,26)/t17-/m1/s1. The zero-order chi connectivity index (χ0) is 22.0. The van der Waals surface area contributed by atoms with E-state index < -0.39 is 33.7 Å². The summed E-state index contributed by atoms with van der Waals surface area (Å²) in [4.78, 5) is 12.9. The number of alkyl halides is 3. The van der Waals surface area contributed by atoms with Gasteiger partial charge >= 0.3 is 6.18 Å². The second kappa shape index (κ2) is 8.44. The molecule has 1 N–H and O–H groups in total. The number of hydrogen-bond donors (Lipinski definition) is 1. The van der Waals surface area contributed by atoms with Crippen molar-refractivity contribution in [1.82, 2.24) is 0 Å². The maximum absolute atomic E-state index is 12.9. The molecule has 0 spiro atoms. The van der Waals surface area contributed by atoms with Crippen molar-refractivity contribution in [2.45, 2.75) is 39.4 Å². The predicted molar refractivity (Wildman–Crippen MR) is 107 cm³/mol. The number of aryl methyl sites for hydroxylation is 2. The molecule has 0 aliphatic rings. The SMILES string of the molecule is CC[C@H](C(=O)Nc1cccc(C(F)(F)F)c1)N(c1cc(C)ccc1C)S(C)(=O)=O. The van der Waals surface area contributed by atoms with E-state index in [1.807, 2.05) is 6.07 Å². The van der Waals surface area contributed by atoms with Crippen molar-refractivity contribution in [3.05, 3.63) is 59.2 Å². The molecule has 158 valence electrons. The van der Waals surface area contributed by atoms with Crippen LogP contribution in [0.1, 0.15) is 30.0 Å². The first-order chi connectivity index (χ1) is 13.3. The minimum Gasteiger partial charge on any atom is -0.324 e. The first-order valence-corrected chi connectivity index (χ1v) is 10.7. The lowest BCUT2D eigenvalue weighted by Crippen LogP contribution is -2.47. The zero-order valence-corrected chi connectivity index (χ0v) is 17.4. The van der Waals surface area contributed by atoms with Crippen LogP contribution in [0.5, 0.6) is 0 Å². The molecule has 0 aliphatic carbocycles. The van der Waals surface area contributed by atoms with Crippen LogP contribution >= 0.6 is 0 Å². The third kappa shape index (κ3) is 5.50. The van der Waals surface area contributed by atoms with E-state index in [4.69, 9.17) is 0 Å². The van der Waals surface area contributed by atoms with Crippen LogP contribution in [-0.2, 0) is 21.0 Å². The molecule has 0 saturated carbocycles. The van der Waals surface area contributed by atoms with Gasteiger partial charge in [-0.2, -0.15) is 13.2 Å². The van der Waals surface area contributed by atoms with Gasteiger partial charge in [-0.15, -0.1) is 0 Å². The van der Waals surface area contributed by atoms with Gasteiger partial charge in [-0.05, 0) is 55.7 Å². The Kier molecular flexibility index (Phi) is 6.62. The lowest BCUT2D eigenvalue weighted by atomic mass is 10.1. The van der Waals surface area contributed by atoms with Crippen molar-refractivity contribution >= 4 is 27.3 Å². The summed E-state index contributed by atoms with van der Waals surface area (Å²) in [6.07, 6.45) is -3.43. The number of nitrogens with one attached hydrogen (secondary N) is 1. The normalized spacial score (nSPS) is 13.1. The number of halogens is 3. The quantitative estimate of drug-likeness (QED) is 0.737. The van der Waals surface area contributed by atoms with Crippen molar-refractivity contribution < 1.29 is 26.4 Å². The molecule has 2 aromatic rings. The summed E-state index contributed by atoms with van der Waals surface area (Å²) in [5.74, 6) is -0.710. The Labute approximate surface area is 168 Å². The van der Waals surface area contributed by atoms with Gasteiger partial charge in [0.2, 0.25) is 15.9 Å². The van der Waals surface area contributed by atoms with E-state index in [0.717, 1.165) is 28.3 Å². The molecule has 0 fully saturated rings. The van der Waals surface area contributed by atoms with Gasteiger partial charge in [0.05, 0.1) is 17.5 Å². The van der Waals surface area contributed by atoms with E-state index in [-0.39, 0.29) is 12.1 Å². The van der Waals surface area contributed by atoms with Gasteiger partial charge < -0.3 is 5.32 Å². The highest BCUT2D eigenvalue weighted by molar-refractivity contribution is 7.92. The highest BCUT2D eigenvalue weighted by atomic mass is 32.2. The van der Waals surface area contributed by atoms with Gasteiger partial charge in [0, 0.05) is 5.69 Å². The van der Waals surface area contributed by atoms with Crippen LogP contribution in [0.3, 0.4) is 0 Å². The minimum absolute atomic E-state index is 0.0577. The van der Waals surface area contributed by atoms with Crippen LogP contribution < -0.4 is 9.62 Å². The van der Waals surface area contributed by atoms with Gasteiger partial charge in [0.25, 0.3) is 0 Å². The lowest BCUT2D eigenvalue weighted by molar-refractivity contribution is -0.137. The fraction of sp³-hybridized carbons (Fsp3) is 0.350. The van der Waals surface area contributed by atoms with E-state index in [1.54, 1.807) is 32.9 Å². The van der Waals surface area contributed by atoms with Crippen LogP contribution in [0.2, 0.25) is 0 Å². The molecule has 0 saturated heterocycles. The molecular formula is C20H23F3N2O3S. The van der Waals surface area contributed by atoms with Gasteiger partial charge in [-0.25, -0.2) is 8.42 Å². The van der Waals surface area contributed by atoms with E-state index in [9.17, 15) is 26.4 Å². The van der Waals surface area contributed by atoms with Gasteiger partial charge in [-0.1, -0.05) is 25.1 Å². The first kappa shape index (κ1) is 22.7. The molecule has 0 radical (unpaired) electrons. The van der Waals surface area contributed by atoms with Crippen LogP contribution in [0.15, 0.2) is 42.5 Å². The number of amides is 1. The number of carbonyl (C=O) groups is 1. The van der Waals surface area contributed by atoms with Crippen LogP contribution in [0.4, 0.5) is 24.5 Å². The summed E-state index contributed by atoms with van der Waals surface area (Å²) in [6.45, 7) is 5.16. The maximum atomic E-state index is 12.9. The number of rotatable bonds is 6. The van der Waals surface area contributed by atoms with Crippen molar-refractivity contribution in [3.8, 4) is 0 Å². The molecule has 0 aliphatic heterocycles. The summed E-state index contributed by atoms with van der Waals surface area (Å²) in [5.41, 5.74) is 0.868. The Morgan fingerprint density at radius 2 is 1.79 bits per heavy atom. The smallest absolute Gasteiger partial charge is 0.324 e. The molecule has 29 heavy (non-hydrogen) atoms. The Morgan fingerprint density at radius 3 is 2.34 bits per heavy atom. The summed E-state index contributed by atoms with van der Waals surface area (Å²) < 4.78 is 64.9. The van der Waals surface area contributed by atoms with Gasteiger partial charge in [-0.3, -0.25) is 9.10 Å². The van der Waals surface area contributed by atoms with Crippen LogP contribution in [-0.4, -0.2) is 26.6 Å². The Balaban J connectivity index is 2.43.